The topological polar surface area (TPSA) is 107 Å². The Morgan fingerprint density at radius 1 is 1.09 bits per heavy atom. The summed E-state index contributed by atoms with van der Waals surface area (Å²) in [6.45, 7) is 8.73. The number of carbonyl (C=O) groups excluding carboxylic acids is 1. The maximum Gasteiger partial charge on any atom is 0.417 e. The molecule has 0 bridgehead atoms. The second-order valence-electron chi connectivity index (χ2n) is 11.7. The third-order valence-electron chi connectivity index (χ3n) is 8.26. The number of likely N-dealkylation sites (N-methyl/N-ethyl adjacent to an activating group) is 1. The van der Waals surface area contributed by atoms with Gasteiger partial charge in [-0.1, -0.05) is 13.8 Å². The van der Waals surface area contributed by atoms with Crippen molar-refractivity contribution >= 4 is 23.2 Å². The Morgan fingerprint density at radius 2 is 1.80 bits per heavy atom. The first-order valence-corrected chi connectivity index (χ1v) is 14.5. The van der Waals surface area contributed by atoms with E-state index in [2.05, 4.69) is 20.3 Å². The first kappa shape index (κ1) is 32.3. The van der Waals surface area contributed by atoms with Crippen molar-refractivity contribution in [2.75, 3.05) is 61.5 Å². The monoisotopic (exact) mass is 635 g/mol. The van der Waals surface area contributed by atoms with Crippen LogP contribution in [0.4, 0.5) is 39.3 Å². The van der Waals surface area contributed by atoms with E-state index in [9.17, 15) is 22.8 Å². The molecule has 2 fully saturated rings. The highest BCUT2D eigenvalue weighted by atomic mass is 19.4. The number of morpholine rings is 1. The number of aromatic nitrogens is 3. The molecule has 10 nitrogen and oxygen atoms in total. The average molecular weight is 636 g/mol. The van der Waals surface area contributed by atoms with Crippen molar-refractivity contribution in [2.24, 2.45) is 5.92 Å². The van der Waals surface area contributed by atoms with Crippen molar-refractivity contribution in [2.45, 2.75) is 39.1 Å². The maximum absolute atomic E-state index is 16.4. The number of nitrogens with zero attached hydrogens (tertiary/aromatic N) is 5. The predicted molar refractivity (Wildman–Crippen MR) is 158 cm³/mol. The molecule has 1 unspecified atom stereocenters. The number of anilines is 3. The number of halogens is 5. The van der Waals surface area contributed by atoms with Crippen molar-refractivity contribution < 1.29 is 31.5 Å². The number of aromatic amines is 1. The lowest BCUT2D eigenvalue weighted by Gasteiger charge is -2.39. The first-order chi connectivity index (χ1) is 21.2. The van der Waals surface area contributed by atoms with Gasteiger partial charge in [-0.3, -0.25) is 9.59 Å². The zero-order valence-electron chi connectivity index (χ0n) is 25.2. The summed E-state index contributed by atoms with van der Waals surface area (Å²) in [5.41, 5.74) is -4.62. The molecule has 2 N–H and O–H groups in total. The van der Waals surface area contributed by atoms with E-state index >= 15 is 8.78 Å². The summed E-state index contributed by atoms with van der Waals surface area (Å²) in [5, 5.41) is 2.25. The van der Waals surface area contributed by atoms with Crippen LogP contribution in [0, 0.1) is 17.6 Å². The van der Waals surface area contributed by atoms with Crippen LogP contribution in [-0.4, -0.2) is 84.3 Å². The molecule has 3 aromatic rings. The van der Waals surface area contributed by atoms with E-state index in [4.69, 9.17) is 4.74 Å². The number of piperazine rings is 1. The van der Waals surface area contributed by atoms with Crippen molar-refractivity contribution in [3.63, 3.8) is 0 Å². The Morgan fingerprint density at radius 3 is 2.44 bits per heavy atom. The summed E-state index contributed by atoms with van der Waals surface area (Å²) in [6, 6.07) is 1.27. The van der Waals surface area contributed by atoms with Gasteiger partial charge in [0.25, 0.3) is 5.91 Å². The van der Waals surface area contributed by atoms with Crippen LogP contribution in [0.2, 0.25) is 0 Å². The molecule has 2 aromatic heterocycles. The van der Waals surface area contributed by atoms with Crippen molar-refractivity contribution in [3.05, 3.63) is 63.8 Å². The number of alkyl halides is 3. The lowest BCUT2D eigenvalue weighted by molar-refractivity contribution is -0.138. The second kappa shape index (κ2) is 12.7. The lowest BCUT2D eigenvalue weighted by Crippen LogP contribution is -2.50. The fourth-order valence-corrected chi connectivity index (χ4v) is 5.46. The number of pyridine rings is 1. The molecule has 242 valence electrons. The molecule has 2 aliphatic heterocycles. The number of nitrogens with one attached hydrogen (secondary N) is 2. The minimum Gasteiger partial charge on any atom is -0.374 e. The molecule has 2 saturated heterocycles. The van der Waals surface area contributed by atoms with Crippen LogP contribution in [0.15, 0.2) is 35.5 Å². The Hall–Kier alpha value is -4.11. The number of hydrogen-bond donors (Lipinski definition) is 2. The first-order valence-electron chi connectivity index (χ1n) is 14.5. The van der Waals surface area contributed by atoms with Crippen molar-refractivity contribution in [3.8, 4) is 11.1 Å². The van der Waals surface area contributed by atoms with Gasteiger partial charge < -0.3 is 29.7 Å². The largest absolute Gasteiger partial charge is 0.417 e. The number of H-pyrrole nitrogens is 1. The Labute approximate surface area is 256 Å². The standard InChI is InChI=1S/C30H34F5N7O3/c1-16(2)23-15-42(7-8-45-23)29-37-11-18(12-38-29)25-21(31)10-22(41-6-5-40(4)17(3)14-41)27(26(25)32)39-28(44)19-13-36-24(43)9-20(19)30(33,34)35/h9-13,16-17,23H,5-8,14-15H2,1-4H3,(H,36,43)(H,39,44)/t17-,23?/m0/s1. The molecule has 0 saturated carbocycles. The summed E-state index contributed by atoms with van der Waals surface area (Å²) in [4.78, 5) is 41.2. The Balaban J connectivity index is 1.55. The van der Waals surface area contributed by atoms with Gasteiger partial charge in [-0.05, 0) is 19.9 Å². The van der Waals surface area contributed by atoms with Crippen LogP contribution in [0.1, 0.15) is 36.7 Å². The summed E-state index contributed by atoms with van der Waals surface area (Å²) in [6.07, 6.45) is -1.94. The van der Waals surface area contributed by atoms with Gasteiger partial charge in [-0.15, -0.1) is 0 Å². The Kier molecular flexibility index (Phi) is 9.12. The van der Waals surface area contributed by atoms with Gasteiger partial charge in [0.05, 0.1) is 35.1 Å². The van der Waals surface area contributed by atoms with E-state index in [1.54, 1.807) is 4.90 Å². The molecule has 0 radical (unpaired) electrons. The SMILES string of the molecule is CC(C)C1CN(c2ncc(-c3c(F)cc(N4CCN(C)[C@@H](C)C4)c(NC(=O)c4c[nH]c(=O)cc4C(F)(F)F)c3F)cn2)CCO1. The smallest absolute Gasteiger partial charge is 0.374 e. The highest BCUT2D eigenvalue weighted by Gasteiger charge is 2.37. The molecule has 5 rings (SSSR count). The van der Waals surface area contributed by atoms with Crippen molar-refractivity contribution in [1.82, 2.24) is 19.9 Å². The van der Waals surface area contributed by atoms with E-state index < -0.39 is 51.7 Å². The quantitative estimate of drug-likeness (QED) is 0.385. The molecule has 0 spiro atoms. The summed E-state index contributed by atoms with van der Waals surface area (Å²) in [7, 11) is 1.90. The molecule has 45 heavy (non-hydrogen) atoms. The summed E-state index contributed by atoms with van der Waals surface area (Å²) >= 11 is 0. The van der Waals surface area contributed by atoms with Crippen LogP contribution < -0.4 is 20.7 Å². The van der Waals surface area contributed by atoms with E-state index in [1.165, 1.54) is 12.4 Å². The number of hydrogen-bond acceptors (Lipinski definition) is 8. The molecule has 15 heteroatoms. The highest BCUT2D eigenvalue weighted by Crippen LogP contribution is 2.39. The van der Waals surface area contributed by atoms with Gasteiger partial charge in [-0.2, -0.15) is 13.2 Å². The molecule has 2 aliphatic rings. The van der Waals surface area contributed by atoms with Crippen LogP contribution in [0.5, 0.6) is 0 Å². The third kappa shape index (κ3) is 6.78. The van der Waals surface area contributed by atoms with Gasteiger partial charge in [-0.25, -0.2) is 18.7 Å². The zero-order valence-corrected chi connectivity index (χ0v) is 25.2. The molecule has 0 aliphatic carbocycles. The zero-order chi connectivity index (χ0) is 32.6. The number of ether oxygens (including phenoxy) is 1. The van der Waals surface area contributed by atoms with Crippen LogP contribution >= 0.6 is 0 Å². The Bertz CT molecular complexity index is 1610. The van der Waals surface area contributed by atoms with Gasteiger partial charge in [0.1, 0.15) is 11.5 Å². The van der Waals surface area contributed by atoms with E-state index in [1.807, 2.05) is 37.6 Å². The molecule has 4 heterocycles. The molecule has 1 aromatic carbocycles. The highest BCUT2D eigenvalue weighted by molar-refractivity contribution is 6.07. The van der Waals surface area contributed by atoms with E-state index in [0.29, 0.717) is 51.5 Å². The van der Waals surface area contributed by atoms with Crippen LogP contribution in [0.3, 0.4) is 0 Å². The van der Waals surface area contributed by atoms with E-state index in [0.717, 1.165) is 6.07 Å². The van der Waals surface area contributed by atoms with Gasteiger partial charge in [0.15, 0.2) is 5.82 Å². The summed E-state index contributed by atoms with van der Waals surface area (Å²) in [5.74, 6) is -2.89. The second-order valence-corrected chi connectivity index (χ2v) is 11.7. The van der Waals surface area contributed by atoms with Crippen LogP contribution in [0.25, 0.3) is 11.1 Å². The molecule has 1 amide bonds. The number of carbonyl (C=O) groups is 1. The van der Waals surface area contributed by atoms with Crippen LogP contribution in [-0.2, 0) is 10.9 Å². The fraction of sp³-hybridized carbons (Fsp3) is 0.467. The number of benzene rings is 1. The molecular formula is C30H34F5N7O3. The minimum absolute atomic E-state index is 0.0273. The van der Waals surface area contributed by atoms with Gasteiger partial charge in [0, 0.05) is 75.1 Å². The predicted octanol–water partition coefficient (Wildman–Crippen LogP) is 4.38. The molecular weight excluding hydrogens is 601 g/mol. The van der Waals surface area contributed by atoms with E-state index in [-0.39, 0.29) is 35.4 Å². The minimum atomic E-state index is -5.04. The van der Waals surface area contributed by atoms with Gasteiger partial charge >= 0.3 is 6.18 Å². The fourth-order valence-electron chi connectivity index (χ4n) is 5.46. The number of rotatable bonds is 6. The normalized spacial score (nSPS) is 19.7. The third-order valence-corrected chi connectivity index (χ3v) is 8.26. The molecule has 2 atom stereocenters. The average Bonchev–Trinajstić information content (AvgIpc) is 2.99. The maximum atomic E-state index is 16.4. The van der Waals surface area contributed by atoms with Crippen molar-refractivity contribution in [1.29, 1.82) is 0 Å². The summed E-state index contributed by atoms with van der Waals surface area (Å²) < 4.78 is 79.2. The lowest BCUT2D eigenvalue weighted by atomic mass is 10.0. The van der Waals surface area contributed by atoms with Gasteiger partial charge in [0.2, 0.25) is 11.5 Å². The number of amides is 1.